The van der Waals surface area contributed by atoms with Crippen LogP contribution in [0.1, 0.15) is 21.5 Å². The number of carboxylic acid groups (broad SMARTS) is 1. The summed E-state index contributed by atoms with van der Waals surface area (Å²) in [5.74, 6) is -2.61. The SMILES string of the molecule is C=CCNC(=O)CS(=O)(=O)c1cc(C(=O)O)cc(C)c1C. The third-order valence-electron chi connectivity index (χ3n) is 2.97. The molecule has 0 atom stereocenters. The molecule has 0 radical (unpaired) electrons. The number of hydrogen-bond acceptors (Lipinski definition) is 4. The highest BCUT2D eigenvalue weighted by atomic mass is 32.2. The normalized spacial score (nSPS) is 11.0. The Morgan fingerprint density at radius 2 is 1.95 bits per heavy atom. The van der Waals surface area contributed by atoms with Crippen molar-refractivity contribution in [1.82, 2.24) is 5.32 Å². The van der Waals surface area contributed by atoms with Gasteiger partial charge in [0.15, 0.2) is 9.84 Å². The Hall–Kier alpha value is -2.15. The number of carbonyl (C=O) groups is 2. The van der Waals surface area contributed by atoms with E-state index in [1.165, 1.54) is 12.1 Å². The van der Waals surface area contributed by atoms with Gasteiger partial charge in [-0.3, -0.25) is 4.79 Å². The number of amides is 1. The lowest BCUT2D eigenvalue weighted by atomic mass is 10.1. The van der Waals surface area contributed by atoms with E-state index in [4.69, 9.17) is 5.11 Å². The number of carboxylic acids is 1. The van der Waals surface area contributed by atoms with Gasteiger partial charge in [0.1, 0.15) is 5.75 Å². The molecule has 1 amide bonds. The highest BCUT2D eigenvalue weighted by Gasteiger charge is 2.23. The third kappa shape index (κ3) is 4.16. The first kappa shape index (κ1) is 16.9. The maximum atomic E-state index is 12.3. The van der Waals surface area contributed by atoms with Gasteiger partial charge in [0.05, 0.1) is 10.5 Å². The minimum atomic E-state index is -3.91. The summed E-state index contributed by atoms with van der Waals surface area (Å²) >= 11 is 0. The highest BCUT2D eigenvalue weighted by molar-refractivity contribution is 7.92. The smallest absolute Gasteiger partial charge is 0.335 e. The summed E-state index contributed by atoms with van der Waals surface area (Å²) in [6.07, 6.45) is 1.44. The van der Waals surface area contributed by atoms with E-state index in [0.717, 1.165) is 6.07 Å². The Labute approximate surface area is 123 Å². The van der Waals surface area contributed by atoms with Crippen molar-refractivity contribution in [1.29, 1.82) is 0 Å². The van der Waals surface area contributed by atoms with Crippen LogP contribution in [0.2, 0.25) is 0 Å². The highest BCUT2D eigenvalue weighted by Crippen LogP contribution is 2.22. The molecule has 0 spiro atoms. The molecule has 0 saturated heterocycles. The van der Waals surface area contributed by atoms with Gasteiger partial charge < -0.3 is 10.4 Å². The lowest BCUT2D eigenvalue weighted by Gasteiger charge is -2.11. The van der Waals surface area contributed by atoms with Crippen LogP contribution >= 0.6 is 0 Å². The van der Waals surface area contributed by atoms with Crippen LogP contribution in [0.5, 0.6) is 0 Å². The predicted molar refractivity (Wildman–Crippen MR) is 78.1 cm³/mol. The van der Waals surface area contributed by atoms with Crippen molar-refractivity contribution in [3.63, 3.8) is 0 Å². The summed E-state index contributed by atoms with van der Waals surface area (Å²) in [7, 11) is -3.91. The summed E-state index contributed by atoms with van der Waals surface area (Å²) in [6, 6.07) is 2.48. The molecule has 0 fully saturated rings. The number of rotatable bonds is 6. The largest absolute Gasteiger partial charge is 0.478 e. The molecule has 0 aromatic heterocycles. The van der Waals surface area contributed by atoms with Crippen molar-refractivity contribution in [3.05, 3.63) is 41.5 Å². The molecule has 0 saturated carbocycles. The number of hydrogen-bond donors (Lipinski definition) is 2. The van der Waals surface area contributed by atoms with Gasteiger partial charge in [-0.05, 0) is 37.1 Å². The van der Waals surface area contributed by atoms with Crippen molar-refractivity contribution in [2.75, 3.05) is 12.3 Å². The van der Waals surface area contributed by atoms with E-state index in [-0.39, 0.29) is 17.0 Å². The first-order valence-corrected chi connectivity index (χ1v) is 7.79. The van der Waals surface area contributed by atoms with E-state index in [0.29, 0.717) is 11.1 Å². The number of aromatic carboxylic acids is 1. The van der Waals surface area contributed by atoms with E-state index in [1.807, 2.05) is 0 Å². The Morgan fingerprint density at radius 1 is 1.33 bits per heavy atom. The number of nitrogens with one attached hydrogen (secondary N) is 1. The minimum absolute atomic E-state index is 0.122. The third-order valence-corrected chi connectivity index (χ3v) is 4.70. The van der Waals surface area contributed by atoms with Crippen molar-refractivity contribution < 1.29 is 23.1 Å². The zero-order valence-electron chi connectivity index (χ0n) is 11.8. The van der Waals surface area contributed by atoms with E-state index in [1.54, 1.807) is 13.8 Å². The molecule has 0 aliphatic carbocycles. The lowest BCUT2D eigenvalue weighted by molar-refractivity contribution is -0.118. The van der Waals surface area contributed by atoms with Crippen molar-refractivity contribution in [2.24, 2.45) is 0 Å². The Balaban J connectivity index is 3.22. The van der Waals surface area contributed by atoms with E-state index in [9.17, 15) is 18.0 Å². The molecular weight excluding hydrogens is 294 g/mol. The topological polar surface area (TPSA) is 101 Å². The summed E-state index contributed by atoms with van der Waals surface area (Å²) in [4.78, 5) is 22.4. The number of benzene rings is 1. The van der Waals surface area contributed by atoms with Gasteiger partial charge in [0.25, 0.3) is 0 Å². The molecule has 0 unspecified atom stereocenters. The Kier molecular flexibility index (Phi) is 5.26. The standard InChI is InChI=1S/C14H17NO5S/c1-4-5-15-13(16)8-21(19,20)12-7-11(14(17)18)6-9(2)10(12)3/h4,6-7H,1,5,8H2,2-3H3,(H,15,16)(H,17,18). The first-order valence-electron chi connectivity index (χ1n) is 6.14. The van der Waals surface area contributed by atoms with Crippen molar-refractivity contribution in [2.45, 2.75) is 18.7 Å². The fraction of sp³-hybridized carbons (Fsp3) is 0.286. The molecule has 0 aliphatic rings. The summed E-state index contributed by atoms with van der Waals surface area (Å²) in [5, 5.41) is 11.4. The fourth-order valence-electron chi connectivity index (χ4n) is 1.76. The molecular formula is C14H17NO5S. The first-order chi connectivity index (χ1) is 9.69. The van der Waals surface area contributed by atoms with Gasteiger partial charge in [-0.15, -0.1) is 6.58 Å². The number of aryl methyl sites for hydroxylation is 1. The van der Waals surface area contributed by atoms with Crippen LogP contribution in [0.15, 0.2) is 29.7 Å². The van der Waals surface area contributed by atoms with Gasteiger partial charge in [-0.1, -0.05) is 6.08 Å². The van der Waals surface area contributed by atoms with Gasteiger partial charge >= 0.3 is 5.97 Å². The zero-order chi connectivity index (χ0) is 16.2. The quantitative estimate of drug-likeness (QED) is 0.766. The molecule has 21 heavy (non-hydrogen) atoms. The second-order valence-electron chi connectivity index (χ2n) is 4.57. The number of sulfone groups is 1. The molecule has 6 nitrogen and oxygen atoms in total. The van der Waals surface area contributed by atoms with Crippen LogP contribution < -0.4 is 5.32 Å². The van der Waals surface area contributed by atoms with Gasteiger partial charge in [0, 0.05) is 6.54 Å². The van der Waals surface area contributed by atoms with Crippen LogP contribution in [-0.4, -0.2) is 37.7 Å². The van der Waals surface area contributed by atoms with Crippen LogP contribution in [0.25, 0.3) is 0 Å². The fourth-order valence-corrected chi connectivity index (χ4v) is 3.30. The van der Waals surface area contributed by atoms with Crippen molar-refractivity contribution in [3.8, 4) is 0 Å². The molecule has 2 N–H and O–H groups in total. The number of carbonyl (C=O) groups excluding carboxylic acids is 1. The summed E-state index contributed by atoms with van der Waals surface area (Å²) in [6.45, 7) is 6.79. The van der Waals surface area contributed by atoms with Crippen LogP contribution in [0.3, 0.4) is 0 Å². The average molecular weight is 311 g/mol. The van der Waals surface area contributed by atoms with E-state index >= 15 is 0 Å². The monoisotopic (exact) mass is 311 g/mol. The van der Waals surface area contributed by atoms with E-state index < -0.39 is 27.5 Å². The van der Waals surface area contributed by atoms with Crippen LogP contribution in [0.4, 0.5) is 0 Å². The maximum absolute atomic E-state index is 12.3. The van der Waals surface area contributed by atoms with Crippen LogP contribution in [0, 0.1) is 13.8 Å². The van der Waals surface area contributed by atoms with E-state index in [2.05, 4.69) is 11.9 Å². The van der Waals surface area contributed by atoms with Gasteiger partial charge in [0.2, 0.25) is 5.91 Å². The average Bonchev–Trinajstić information content (AvgIpc) is 2.38. The molecule has 1 aromatic carbocycles. The molecule has 1 rings (SSSR count). The lowest BCUT2D eigenvalue weighted by Crippen LogP contribution is -2.30. The molecule has 7 heteroatoms. The molecule has 0 bridgehead atoms. The molecule has 114 valence electrons. The minimum Gasteiger partial charge on any atom is -0.478 e. The van der Waals surface area contributed by atoms with Crippen LogP contribution in [-0.2, 0) is 14.6 Å². The van der Waals surface area contributed by atoms with Gasteiger partial charge in [-0.25, -0.2) is 13.2 Å². The van der Waals surface area contributed by atoms with Gasteiger partial charge in [-0.2, -0.15) is 0 Å². The Morgan fingerprint density at radius 3 is 2.48 bits per heavy atom. The Bertz CT molecular complexity index is 692. The molecule has 0 heterocycles. The molecule has 1 aromatic rings. The second-order valence-corrected chi connectivity index (χ2v) is 6.53. The summed E-state index contributed by atoms with van der Waals surface area (Å²) in [5.41, 5.74) is 0.861. The summed E-state index contributed by atoms with van der Waals surface area (Å²) < 4.78 is 24.5. The predicted octanol–water partition coefficient (Wildman–Crippen LogP) is 1.08. The maximum Gasteiger partial charge on any atom is 0.335 e. The van der Waals surface area contributed by atoms with Crippen molar-refractivity contribution >= 4 is 21.7 Å². The molecule has 0 aliphatic heterocycles. The second kappa shape index (κ2) is 6.53. The zero-order valence-corrected chi connectivity index (χ0v) is 12.7.